The Kier molecular flexibility index (Phi) is 6.73. The molecule has 2 N–H and O–H groups in total. The molecule has 0 unspecified atom stereocenters. The summed E-state index contributed by atoms with van der Waals surface area (Å²) in [7, 11) is 1.57. The lowest BCUT2D eigenvalue weighted by atomic mass is 9.87. The summed E-state index contributed by atoms with van der Waals surface area (Å²) in [6.45, 7) is 11.2. The molecule has 1 aromatic carbocycles. The molecule has 3 aromatic rings. The van der Waals surface area contributed by atoms with Gasteiger partial charge in [0.1, 0.15) is 11.2 Å². The number of piperidine rings is 1. The normalized spacial score (nSPS) is 15.0. The molecule has 1 aliphatic rings. The SMILES string of the molecule is CC(C)c1c(-c2cc(C(=O)O)c(=O)n(C)c2)[nH]c2ccc(C3CCN(C(=O)OC(C)(C)C)CC3)cc12. The largest absolute Gasteiger partial charge is 0.477 e. The Labute approximate surface area is 210 Å². The van der Waals surface area contributed by atoms with E-state index in [1.807, 2.05) is 20.8 Å². The average molecular weight is 494 g/mol. The third-order valence-corrected chi connectivity index (χ3v) is 6.76. The maximum Gasteiger partial charge on any atom is 0.410 e. The van der Waals surface area contributed by atoms with Gasteiger partial charge in [-0.2, -0.15) is 0 Å². The van der Waals surface area contributed by atoms with Crippen LogP contribution in [0.5, 0.6) is 0 Å². The van der Waals surface area contributed by atoms with E-state index in [1.165, 1.54) is 16.2 Å². The highest BCUT2D eigenvalue weighted by Crippen LogP contribution is 2.38. The Morgan fingerprint density at radius 1 is 1.14 bits per heavy atom. The zero-order chi connectivity index (χ0) is 26.4. The molecule has 1 fully saturated rings. The van der Waals surface area contributed by atoms with Crippen molar-refractivity contribution in [2.75, 3.05) is 13.1 Å². The highest BCUT2D eigenvalue weighted by atomic mass is 16.6. The van der Waals surface area contributed by atoms with Gasteiger partial charge in [0.05, 0.1) is 5.69 Å². The number of nitrogens with zero attached hydrogens (tertiary/aromatic N) is 2. The first kappa shape index (κ1) is 25.5. The van der Waals surface area contributed by atoms with Gasteiger partial charge in [-0.05, 0) is 74.8 Å². The van der Waals surface area contributed by atoms with Crippen LogP contribution in [0.15, 0.2) is 35.3 Å². The molecule has 0 bridgehead atoms. The number of aromatic amines is 1. The number of carbonyl (C=O) groups excluding carboxylic acids is 1. The number of benzene rings is 1. The van der Waals surface area contributed by atoms with Gasteiger partial charge in [-0.15, -0.1) is 0 Å². The smallest absolute Gasteiger partial charge is 0.410 e. The van der Waals surface area contributed by atoms with Crippen molar-refractivity contribution in [2.45, 2.75) is 64.9 Å². The first-order valence-corrected chi connectivity index (χ1v) is 12.4. The number of amides is 1. The predicted molar refractivity (Wildman–Crippen MR) is 140 cm³/mol. The molecule has 1 saturated heterocycles. The Morgan fingerprint density at radius 3 is 2.39 bits per heavy atom. The zero-order valence-corrected chi connectivity index (χ0v) is 21.8. The standard InChI is InChI=1S/C28H35N3O5/c1-16(2)23-20-13-18(17-9-11-31(12-10-17)27(35)36-28(3,4)5)7-8-22(20)29-24(23)19-14-21(26(33)34)25(32)30(6)15-19/h7-8,13-17,29H,9-12H2,1-6H3,(H,33,34). The molecule has 4 rings (SSSR count). The first-order valence-electron chi connectivity index (χ1n) is 12.4. The van der Waals surface area contributed by atoms with Gasteiger partial charge in [0.15, 0.2) is 0 Å². The molecule has 1 amide bonds. The van der Waals surface area contributed by atoms with Crippen molar-refractivity contribution in [3.05, 3.63) is 57.5 Å². The third kappa shape index (κ3) is 5.03. The first-order chi connectivity index (χ1) is 16.9. The Hall–Kier alpha value is -3.55. The number of aromatic carboxylic acids is 1. The second-order valence-corrected chi connectivity index (χ2v) is 11.0. The highest BCUT2D eigenvalue weighted by Gasteiger charge is 2.28. The molecule has 8 nitrogen and oxygen atoms in total. The van der Waals surface area contributed by atoms with E-state index < -0.39 is 17.1 Å². The van der Waals surface area contributed by atoms with Crippen LogP contribution >= 0.6 is 0 Å². The number of fused-ring (bicyclic) bond motifs is 1. The molecule has 192 valence electrons. The van der Waals surface area contributed by atoms with Gasteiger partial charge in [0, 0.05) is 42.8 Å². The monoisotopic (exact) mass is 493 g/mol. The summed E-state index contributed by atoms with van der Waals surface area (Å²) >= 11 is 0. The molecule has 0 saturated carbocycles. The summed E-state index contributed by atoms with van der Waals surface area (Å²) in [5.74, 6) is -0.731. The molecule has 0 radical (unpaired) electrons. The zero-order valence-electron chi connectivity index (χ0n) is 21.8. The van der Waals surface area contributed by atoms with Crippen molar-refractivity contribution in [3.63, 3.8) is 0 Å². The Balaban J connectivity index is 1.66. The number of nitrogens with one attached hydrogen (secondary N) is 1. The number of pyridine rings is 1. The van der Waals surface area contributed by atoms with E-state index in [0.29, 0.717) is 24.6 Å². The van der Waals surface area contributed by atoms with Gasteiger partial charge >= 0.3 is 12.1 Å². The van der Waals surface area contributed by atoms with Gasteiger partial charge in [-0.3, -0.25) is 4.79 Å². The molecule has 0 spiro atoms. The number of hydrogen-bond donors (Lipinski definition) is 2. The Bertz CT molecular complexity index is 1370. The highest BCUT2D eigenvalue weighted by molar-refractivity contribution is 5.94. The van der Waals surface area contributed by atoms with Crippen LogP contribution in [0.3, 0.4) is 0 Å². The van der Waals surface area contributed by atoms with Crippen LogP contribution in [-0.4, -0.2) is 50.3 Å². The van der Waals surface area contributed by atoms with E-state index >= 15 is 0 Å². The van der Waals surface area contributed by atoms with Crippen molar-refractivity contribution >= 4 is 23.0 Å². The second kappa shape index (κ2) is 9.48. The fourth-order valence-electron chi connectivity index (χ4n) is 5.04. The van der Waals surface area contributed by atoms with Crippen LogP contribution in [0.25, 0.3) is 22.2 Å². The van der Waals surface area contributed by atoms with Crippen LogP contribution < -0.4 is 5.56 Å². The summed E-state index contributed by atoms with van der Waals surface area (Å²) in [5, 5.41) is 10.6. The number of carbonyl (C=O) groups is 2. The molecule has 1 aliphatic heterocycles. The molecule has 36 heavy (non-hydrogen) atoms. The molecule has 3 heterocycles. The topological polar surface area (TPSA) is 105 Å². The Morgan fingerprint density at radius 2 is 1.81 bits per heavy atom. The van der Waals surface area contributed by atoms with Crippen LogP contribution in [0, 0.1) is 0 Å². The second-order valence-electron chi connectivity index (χ2n) is 11.0. The van der Waals surface area contributed by atoms with Crippen molar-refractivity contribution < 1.29 is 19.4 Å². The van der Waals surface area contributed by atoms with Crippen LogP contribution in [0.4, 0.5) is 4.79 Å². The summed E-state index contributed by atoms with van der Waals surface area (Å²) in [6.07, 6.45) is 3.15. The minimum atomic E-state index is -1.24. The maximum absolute atomic E-state index is 12.4. The minimum absolute atomic E-state index is 0.170. The number of hydrogen-bond acceptors (Lipinski definition) is 4. The molecular formula is C28H35N3O5. The van der Waals surface area contributed by atoms with Crippen LogP contribution in [-0.2, 0) is 11.8 Å². The number of ether oxygens (including phenoxy) is 1. The summed E-state index contributed by atoms with van der Waals surface area (Å²) in [4.78, 5) is 41.6. The molecule has 0 atom stereocenters. The lowest BCUT2D eigenvalue weighted by Gasteiger charge is -2.33. The van der Waals surface area contributed by atoms with Gasteiger partial charge in [0.2, 0.25) is 0 Å². The minimum Gasteiger partial charge on any atom is -0.477 e. The van der Waals surface area contributed by atoms with Crippen molar-refractivity contribution in [3.8, 4) is 11.3 Å². The number of likely N-dealkylation sites (tertiary alicyclic amines) is 1. The van der Waals surface area contributed by atoms with E-state index in [1.54, 1.807) is 18.1 Å². The molecular weight excluding hydrogens is 458 g/mol. The van der Waals surface area contributed by atoms with E-state index in [0.717, 1.165) is 35.0 Å². The number of carboxylic acid groups (broad SMARTS) is 1. The lowest BCUT2D eigenvalue weighted by molar-refractivity contribution is 0.0204. The van der Waals surface area contributed by atoms with Crippen molar-refractivity contribution in [1.29, 1.82) is 0 Å². The predicted octanol–water partition coefficient (Wildman–Crippen LogP) is 5.47. The van der Waals surface area contributed by atoms with Crippen molar-refractivity contribution in [2.24, 2.45) is 7.05 Å². The van der Waals surface area contributed by atoms with Gasteiger partial charge in [-0.1, -0.05) is 19.9 Å². The quantitative estimate of drug-likeness (QED) is 0.501. The molecule has 2 aromatic heterocycles. The van der Waals surface area contributed by atoms with Crippen LogP contribution in [0.2, 0.25) is 0 Å². The maximum atomic E-state index is 12.4. The van der Waals surface area contributed by atoms with E-state index in [9.17, 15) is 19.5 Å². The number of aromatic nitrogens is 2. The summed E-state index contributed by atoms with van der Waals surface area (Å²) in [6, 6.07) is 7.87. The number of carboxylic acids is 1. The number of H-pyrrole nitrogens is 1. The summed E-state index contributed by atoms with van der Waals surface area (Å²) < 4.78 is 6.84. The fraction of sp³-hybridized carbons (Fsp3) is 0.464. The van der Waals surface area contributed by atoms with E-state index in [-0.39, 0.29) is 17.6 Å². The summed E-state index contributed by atoms with van der Waals surface area (Å²) in [5.41, 5.74) is 3.49. The van der Waals surface area contributed by atoms with Crippen molar-refractivity contribution in [1.82, 2.24) is 14.5 Å². The molecule has 0 aliphatic carbocycles. The van der Waals surface area contributed by atoms with E-state index in [2.05, 4.69) is 37.0 Å². The van der Waals surface area contributed by atoms with Gasteiger partial charge in [-0.25, -0.2) is 9.59 Å². The number of aryl methyl sites for hydroxylation is 1. The lowest BCUT2D eigenvalue weighted by Crippen LogP contribution is -2.41. The number of rotatable bonds is 4. The fourth-order valence-corrected chi connectivity index (χ4v) is 5.04. The van der Waals surface area contributed by atoms with Gasteiger partial charge < -0.3 is 24.3 Å². The molecule has 8 heteroatoms. The average Bonchev–Trinajstić information content (AvgIpc) is 3.18. The third-order valence-electron chi connectivity index (χ3n) is 6.76. The van der Waals surface area contributed by atoms with E-state index in [4.69, 9.17) is 4.74 Å². The van der Waals surface area contributed by atoms with Crippen LogP contribution in [0.1, 0.15) is 80.8 Å². The van der Waals surface area contributed by atoms with Gasteiger partial charge in [0.25, 0.3) is 5.56 Å².